The molecule has 2 N–H and O–H groups in total. The molecule has 2 aromatic heterocycles. The number of pyridine rings is 1. The van der Waals surface area contributed by atoms with Crippen LogP contribution >= 0.6 is 22.9 Å². The Morgan fingerprint density at radius 1 is 1.03 bits per heavy atom. The highest BCUT2D eigenvalue weighted by molar-refractivity contribution is 7.11. The Morgan fingerprint density at radius 2 is 1.83 bits per heavy atom. The van der Waals surface area contributed by atoms with Gasteiger partial charge < -0.3 is 39.0 Å². The van der Waals surface area contributed by atoms with E-state index < -0.39 is 29.2 Å². The molecule has 4 aromatic rings. The number of aromatic nitrogens is 2. The van der Waals surface area contributed by atoms with Crippen molar-refractivity contribution in [2.75, 3.05) is 60.1 Å². The number of aliphatic imine (C=N–C) groups is 1. The van der Waals surface area contributed by atoms with E-state index in [2.05, 4.69) is 36.0 Å². The van der Waals surface area contributed by atoms with Gasteiger partial charge in [0.05, 0.1) is 38.1 Å². The predicted molar refractivity (Wildman–Crippen MR) is 245 cm³/mol. The number of fused-ring (bicyclic) bond motifs is 4. The molecule has 65 heavy (non-hydrogen) atoms. The first-order valence-electron chi connectivity index (χ1n) is 21.8. The fourth-order valence-electron chi connectivity index (χ4n) is 9.30. The van der Waals surface area contributed by atoms with E-state index in [1.807, 2.05) is 31.9 Å². The van der Waals surface area contributed by atoms with Crippen LogP contribution in [-0.4, -0.2) is 119 Å². The maximum Gasteiger partial charge on any atom is 0.341 e. The number of amidine groups is 1. The maximum absolute atomic E-state index is 14.1. The van der Waals surface area contributed by atoms with Gasteiger partial charge in [-0.15, -0.1) is 11.3 Å². The van der Waals surface area contributed by atoms with E-state index in [1.165, 1.54) is 48.9 Å². The Labute approximate surface area is 385 Å². The summed E-state index contributed by atoms with van der Waals surface area (Å²) in [5.41, 5.74) is 2.78. The Bertz CT molecular complexity index is 2610. The van der Waals surface area contributed by atoms with Crippen LogP contribution in [0.4, 0.5) is 9.18 Å². The normalized spacial score (nSPS) is 19.6. The number of urea groups is 1. The summed E-state index contributed by atoms with van der Waals surface area (Å²) in [5, 5.41) is 15.6. The summed E-state index contributed by atoms with van der Waals surface area (Å²) in [7, 11) is 2.89. The van der Waals surface area contributed by atoms with Gasteiger partial charge in [0, 0.05) is 91.0 Å². The Kier molecular flexibility index (Phi) is 13.4. The van der Waals surface area contributed by atoms with E-state index in [-0.39, 0.29) is 39.7 Å². The number of halogens is 2. The molecule has 2 aromatic carbocycles. The smallest absolute Gasteiger partial charge is 0.341 e. The number of hydrogen-bond acceptors (Lipinski definition) is 12. The van der Waals surface area contributed by atoms with Crippen molar-refractivity contribution < 1.29 is 38.1 Å². The minimum absolute atomic E-state index is 0.0215. The molecule has 4 aliphatic rings. The van der Waals surface area contributed by atoms with E-state index >= 15 is 0 Å². The zero-order valence-corrected chi connectivity index (χ0v) is 38.6. The highest BCUT2D eigenvalue weighted by Gasteiger charge is 2.42. The summed E-state index contributed by atoms with van der Waals surface area (Å²) in [5.74, 6) is -0.701. The van der Waals surface area contributed by atoms with Crippen molar-refractivity contribution in [3.63, 3.8) is 0 Å². The monoisotopic (exact) mass is 929 g/mol. The molecule has 0 aliphatic carbocycles. The second-order valence-electron chi connectivity index (χ2n) is 17.9. The maximum atomic E-state index is 14.1. The Morgan fingerprint density at radius 3 is 2.54 bits per heavy atom. The molecule has 6 heterocycles. The average molecular weight is 930 g/mol. The number of esters is 1. The molecule has 0 saturated carbocycles. The van der Waals surface area contributed by atoms with E-state index in [4.69, 9.17) is 30.8 Å². The first kappa shape index (κ1) is 45.8. The summed E-state index contributed by atoms with van der Waals surface area (Å²) >= 11 is 7.93. The van der Waals surface area contributed by atoms with E-state index in [0.717, 1.165) is 36.8 Å². The lowest BCUT2D eigenvalue weighted by atomic mass is 9.78. The molecule has 4 aliphatic heterocycles. The Hall–Kier alpha value is -5.78. The SMILES string of the molecule is COC(=O)C1=C(CN2CCN3C(=O)N(CCCCCCOc4cc5c(cc4OC)-c4cc(=O)c(C(=O)O)cn4C(C(C)(C)C)C5)CC3C2)NC(c2nccs2)=N[C@H]1c1ccc(F)cc1Cl. The largest absolute Gasteiger partial charge is 0.493 e. The molecule has 0 bridgehead atoms. The quantitative estimate of drug-likeness (QED) is 0.0915. The summed E-state index contributed by atoms with van der Waals surface area (Å²) in [6.45, 7) is 10.1. The molecule has 2 saturated heterocycles. The summed E-state index contributed by atoms with van der Waals surface area (Å²) in [4.78, 5) is 67.0. The van der Waals surface area contributed by atoms with Crippen molar-refractivity contribution >= 4 is 46.7 Å². The Balaban J connectivity index is 0.858. The molecule has 15 nitrogen and oxygen atoms in total. The fraction of sp³-hybridized carbons (Fsp3) is 0.447. The molecule has 0 radical (unpaired) electrons. The summed E-state index contributed by atoms with van der Waals surface area (Å²) in [6.07, 6.45) is 7.25. The van der Waals surface area contributed by atoms with Gasteiger partial charge in [-0.05, 0) is 54.5 Å². The van der Waals surface area contributed by atoms with Crippen molar-refractivity contribution in [3.8, 4) is 22.8 Å². The number of unbranched alkanes of at least 4 members (excludes halogenated alkanes) is 3. The van der Waals surface area contributed by atoms with Gasteiger partial charge >= 0.3 is 18.0 Å². The van der Waals surface area contributed by atoms with Crippen molar-refractivity contribution in [3.05, 3.63) is 108 Å². The number of benzene rings is 2. The number of nitrogens with zero attached hydrogens (tertiary/aromatic N) is 6. The van der Waals surface area contributed by atoms with Crippen molar-refractivity contribution in [1.29, 1.82) is 0 Å². The third kappa shape index (κ3) is 9.49. The van der Waals surface area contributed by atoms with Crippen LogP contribution in [0.2, 0.25) is 5.02 Å². The number of hydrogen-bond donors (Lipinski definition) is 2. The van der Waals surface area contributed by atoms with Crippen LogP contribution in [0.15, 0.2) is 75.2 Å². The number of aromatic carboxylic acids is 1. The number of amides is 2. The van der Waals surface area contributed by atoms with Crippen LogP contribution in [-0.2, 0) is 16.0 Å². The van der Waals surface area contributed by atoms with Gasteiger partial charge in [0.1, 0.15) is 17.4 Å². The number of carbonyl (C=O) groups excluding carboxylic acids is 2. The van der Waals surface area contributed by atoms with Gasteiger partial charge in [0.15, 0.2) is 27.8 Å². The van der Waals surface area contributed by atoms with Gasteiger partial charge in [-0.3, -0.25) is 14.7 Å². The topological polar surface area (TPSA) is 168 Å². The van der Waals surface area contributed by atoms with Gasteiger partial charge in [0.2, 0.25) is 0 Å². The van der Waals surface area contributed by atoms with Gasteiger partial charge in [0.25, 0.3) is 0 Å². The number of carbonyl (C=O) groups is 3. The number of thiazole rings is 1. The molecule has 2 fully saturated rings. The molecule has 8 rings (SSSR count). The van der Waals surface area contributed by atoms with Crippen molar-refractivity contribution in [1.82, 2.24) is 29.6 Å². The minimum atomic E-state index is -1.25. The van der Waals surface area contributed by atoms with Crippen molar-refractivity contribution in [2.24, 2.45) is 10.4 Å². The van der Waals surface area contributed by atoms with Crippen LogP contribution in [0.5, 0.6) is 11.5 Å². The van der Waals surface area contributed by atoms with Crippen LogP contribution in [0.1, 0.15) is 85.0 Å². The van der Waals surface area contributed by atoms with Crippen LogP contribution in [0.3, 0.4) is 0 Å². The first-order chi connectivity index (χ1) is 31.1. The highest BCUT2D eigenvalue weighted by atomic mass is 35.5. The molecule has 2 amide bonds. The number of piperazine rings is 1. The molecule has 18 heteroatoms. The van der Waals surface area contributed by atoms with Gasteiger partial charge in [-0.2, -0.15) is 0 Å². The fourth-order valence-corrected chi connectivity index (χ4v) is 10.2. The molecular formula is C47H53ClFN7O8S. The third-order valence-corrected chi connectivity index (χ3v) is 13.7. The molecule has 344 valence electrons. The van der Waals surface area contributed by atoms with E-state index in [0.29, 0.717) is 91.6 Å². The number of carboxylic acids is 1. The zero-order valence-electron chi connectivity index (χ0n) is 37.1. The molecule has 3 atom stereocenters. The van der Waals surface area contributed by atoms with Crippen LogP contribution in [0.25, 0.3) is 11.3 Å². The summed E-state index contributed by atoms with van der Waals surface area (Å²) in [6, 6.07) is 8.36. The van der Waals surface area contributed by atoms with Crippen LogP contribution < -0.4 is 20.2 Å². The lowest BCUT2D eigenvalue weighted by Crippen LogP contribution is -2.53. The number of methoxy groups -OCH3 is 2. The number of carboxylic acid groups (broad SMARTS) is 1. The van der Waals surface area contributed by atoms with Crippen LogP contribution in [0, 0.1) is 11.2 Å². The standard InChI is InChI=1S/C47H53ClFN7O8S/c1-47(2,3)39-19-27-18-38(37(62-4)21-31(27)35-22-36(57)32(44(58)59)25-56(35)39)64-16-9-7-6-8-13-54-24-29-23-53(14-15-55(29)46(54)61)26-34-40(45(60)63-5)41(30-11-10-28(49)20-33(30)48)52-42(51-34)43-50-12-17-65-43/h10-12,17-18,20-22,25,29,39,41H,6-9,13-16,19,23-24,26H2,1-5H3,(H,51,52)(H,58,59)/t29?,39?,41-/m0/s1. The van der Waals surface area contributed by atoms with E-state index in [1.54, 1.807) is 13.3 Å². The second kappa shape index (κ2) is 19.0. The van der Waals surface area contributed by atoms with Gasteiger partial charge in [-0.25, -0.2) is 23.8 Å². The van der Waals surface area contributed by atoms with Crippen molar-refractivity contribution in [2.45, 2.75) is 71.0 Å². The molecule has 0 spiro atoms. The first-order valence-corrected chi connectivity index (χ1v) is 23.0. The third-order valence-electron chi connectivity index (χ3n) is 12.6. The number of nitrogens with one attached hydrogen (secondary N) is 1. The van der Waals surface area contributed by atoms with Gasteiger partial charge in [-0.1, -0.05) is 51.3 Å². The number of rotatable bonds is 15. The minimum Gasteiger partial charge on any atom is -0.493 e. The summed E-state index contributed by atoms with van der Waals surface area (Å²) < 4.78 is 33.3. The number of ether oxygens (including phenoxy) is 3. The lowest BCUT2D eigenvalue weighted by Gasteiger charge is -2.39. The molecule has 2 unspecified atom stereocenters. The predicted octanol–water partition coefficient (Wildman–Crippen LogP) is 7.19. The average Bonchev–Trinajstić information content (AvgIpc) is 3.92. The zero-order chi connectivity index (χ0) is 46.2. The second-order valence-corrected chi connectivity index (χ2v) is 19.2. The highest BCUT2D eigenvalue weighted by Crippen LogP contribution is 2.46. The molecular weight excluding hydrogens is 877 g/mol. The van der Waals surface area contributed by atoms with E-state index in [9.17, 15) is 28.7 Å². The lowest BCUT2D eigenvalue weighted by molar-refractivity contribution is -0.136.